The van der Waals surface area contributed by atoms with Crippen molar-refractivity contribution in [3.63, 3.8) is 0 Å². The van der Waals surface area contributed by atoms with Gasteiger partial charge < -0.3 is 9.94 Å². The van der Waals surface area contributed by atoms with E-state index in [1.807, 2.05) is 37.3 Å². The molecule has 1 aromatic heterocycles. The Morgan fingerprint density at radius 3 is 2.57 bits per heavy atom. The van der Waals surface area contributed by atoms with Crippen molar-refractivity contribution < 1.29 is 19.1 Å². The Morgan fingerprint density at radius 1 is 1.14 bits per heavy atom. The summed E-state index contributed by atoms with van der Waals surface area (Å²) in [6.45, 7) is 6.59. The normalized spacial score (nSPS) is 16.4. The van der Waals surface area contributed by atoms with Crippen LogP contribution in [0.15, 0.2) is 65.9 Å². The Labute approximate surface area is 205 Å². The number of nitrogens with zero attached hydrogens (tertiary/aromatic N) is 3. The fourth-order valence-electron chi connectivity index (χ4n) is 4.35. The first-order valence-electron chi connectivity index (χ1n) is 11.9. The smallest absolute Gasteiger partial charge is 0.307 e. The van der Waals surface area contributed by atoms with Gasteiger partial charge in [0.15, 0.2) is 0 Å². The van der Waals surface area contributed by atoms with Crippen molar-refractivity contribution in [3.05, 3.63) is 89.0 Å². The van der Waals surface area contributed by atoms with Crippen LogP contribution in [0.2, 0.25) is 0 Å². The maximum Gasteiger partial charge on any atom is 0.307 e. The maximum atomic E-state index is 13.0. The van der Waals surface area contributed by atoms with Crippen LogP contribution in [0.4, 0.5) is 4.39 Å². The van der Waals surface area contributed by atoms with Gasteiger partial charge in [-0.1, -0.05) is 48.5 Å². The lowest BCUT2D eigenvalue weighted by molar-refractivity contribution is -0.141. The third-order valence-electron chi connectivity index (χ3n) is 6.47. The van der Waals surface area contributed by atoms with Crippen molar-refractivity contribution in [1.82, 2.24) is 9.88 Å². The first kappa shape index (κ1) is 24.5. The van der Waals surface area contributed by atoms with E-state index >= 15 is 0 Å². The lowest BCUT2D eigenvalue weighted by Crippen LogP contribution is -2.23. The number of rotatable bonds is 9. The zero-order valence-corrected chi connectivity index (χ0v) is 20.1. The van der Waals surface area contributed by atoms with Crippen LogP contribution in [0, 0.1) is 11.9 Å². The molecular formula is C28H30FN3O3. The minimum atomic E-state index is -0.702. The number of aromatic nitrogens is 1. The molecule has 0 spiro atoms. The molecule has 1 unspecified atom stereocenters. The van der Waals surface area contributed by atoms with E-state index in [0.717, 1.165) is 47.5 Å². The number of carboxylic acids is 1. The van der Waals surface area contributed by atoms with E-state index in [1.165, 1.54) is 23.4 Å². The molecule has 182 valence electrons. The third-order valence-corrected chi connectivity index (χ3v) is 6.47. The Kier molecular flexibility index (Phi) is 7.87. The average Bonchev–Trinajstić information content (AvgIpc) is 3.34. The van der Waals surface area contributed by atoms with Crippen LogP contribution in [-0.2, 0) is 29.2 Å². The summed E-state index contributed by atoms with van der Waals surface area (Å²) >= 11 is 0. The number of hydrogen-bond acceptors (Lipinski definition) is 5. The second-order valence-electron chi connectivity index (χ2n) is 8.91. The standard InChI is InChI=1S/C28H30FN3O3/c1-3-21-14-23(8-9-25(21)16-32-13-12-26(17-32)28(33)34)19(2)31-35-18-20-4-6-22(7-5-20)24-10-11-27(29)30-15-24/h4-11,14-15,26H,3,12-13,16-18H2,1-2H3,(H,33,34). The molecule has 35 heavy (non-hydrogen) atoms. The zero-order chi connectivity index (χ0) is 24.8. The number of halogens is 1. The molecular weight excluding hydrogens is 445 g/mol. The molecule has 0 amide bonds. The highest BCUT2D eigenvalue weighted by Crippen LogP contribution is 2.22. The van der Waals surface area contributed by atoms with E-state index in [4.69, 9.17) is 4.84 Å². The van der Waals surface area contributed by atoms with Crippen molar-refractivity contribution >= 4 is 11.7 Å². The number of pyridine rings is 1. The van der Waals surface area contributed by atoms with E-state index in [1.54, 1.807) is 6.07 Å². The molecule has 6 nitrogen and oxygen atoms in total. The molecule has 0 bridgehead atoms. The minimum Gasteiger partial charge on any atom is -0.481 e. The van der Waals surface area contributed by atoms with Gasteiger partial charge >= 0.3 is 5.97 Å². The van der Waals surface area contributed by atoms with Gasteiger partial charge in [-0.15, -0.1) is 0 Å². The first-order valence-corrected chi connectivity index (χ1v) is 11.9. The molecule has 1 atom stereocenters. The van der Waals surface area contributed by atoms with Crippen molar-refractivity contribution in [3.8, 4) is 11.1 Å². The van der Waals surface area contributed by atoms with Crippen molar-refractivity contribution in [2.75, 3.05) is 13.1 Å². The molecule has 4 rings (SSSR count). The number of benzene rings is 2. The summed E-state index contributed by atoms with van der Waals surface area (Å²) in [6.07, 6.45) is 3.12. The number of hydrogen-bond donors (Lipinski definition) is 1. The van der Waals surface area contributed by atoms with Crippen molar-refractivity contribution in [2.45, 2.75) is 39.8 Å². The van der Waals surface area contributed by atoms with E-state index in [-0.39, 0.29) is 5.92 Å². The summed E-state index contributed by atoms with van der Waals surface area (Å²) in [5.41, 5.74) is 7.07. The number of likely N-dealkylation sites (tertiary alicyclic amines) is 1. The van der Waals surface area contributed by atoms with Gasteiger partial charge in [0.1, 0.15) is 6.61 Å². The minimum absolute atomic E-state index is 0.262. The molecule has 0 saturated carbocycles. The summed E-state index contributed by atoms with van der Waals surface area (Å²) in [7, 11) is 0. The monoisotopic (exact) mass is 475 g/mol. The Hall–Kier alpha value is -3.58. The van der Waals surface area contributed by atoms with Gasteiger partial charge in [0.2, 0.25) is 5.95 Å². The topological polar surface area (TPSA) is 75.0 Å². The molecule has 1 N–H and O–H groups in total. The van der Waals surface area contributed by atoms with Gasteiger partial charge in [0.25, 0.3) is 0 Å². The molecule has 1 saturated heterocycles. The largest absolute Gasteiger partial charge is 0.481 e. The van der Waals surface area contributed by atoms with Crippen LogP contribution in [0.25, 0.3) is 11.1 Å². The summed E-state index contributed by atoms with van der Waals surface area (Å²) in [6, 6.07) is 17.2. The molecule has 7 heteroatoms. The van der Waals surface area contributed by atoms with Crippen LogP contribution in [0.5, 0.6) is 0 Å². The van der Waals surface area contributed by atoms with Crippen molar-refractivity contribution in [2.24, 2.45) is 11.1 Å². The van der Waals surface area contributed by atoms with E-state index < -0.39 is 11.9 Å². The molecule has 1 aliphatic rings. The maximum absolute atomic E-state index is 13.0. The number of aryl methyl sites for hydroxylation is 1. The van der Waals surface area contributed by atoms with Crippen LogP contribution in [0.1, 0.15) is 42.5 Å². The molecule has 3 aromatic rings. The number of aliphatic carboxylic acids is 1. The Balaban J connectivity index is 1.35. The second kappa shape index (κ2) is 11.2. The quantitative estimate of drug-likeness (QED) is 0.258. The Bertz CT molecular complexity index is 1190. The number of carbonyl (C=O) groups is 1. The van der Waals surface area contributed by atoms with E-state index in [0.29, 0.717) is 19.6 Å². The molecule has 1 aliphatic heterocycles. The fourth-order valence-corrected chi connectivity index (χ4v) is 4.35. The molecule has 2 aromatic carbocycles. The summed E-state index contributed by atoms with van der Waals surface area (Å²) in [5, 5.41) is 13.5. The average molecular weight is 476 g/mol. The highest BCUT2D eigenvalue weighted by molar-refractivity contribution is 5.98. The summed E-state index contributed by atoms with van der Waals surface area (Å²) < 4.78 is 13.0. The summed E-state index contributed by atoms with van der Waals surface area (Å²) in [5.74, 6) is -1.46. The highest BCUT2D eigenvalue weighted by atomic mass is 19.1. The predicted molar refractivity (Wildman–Crippen MR) is 133 cm³/mol. The summed E-state index contributed by atoms with van der Waals surface area (Å²) in [4.78, 5) is 22.8. The van der Waals surface area contributed by atoms with Crippen LogP contribution >= 0.6 is 0 Å². The lowest BCUT2D eigenvalue weighted by atomic mass is 9.99. The zero-order valence-electron chi connectivity index (χ0n) is 20.1. The SMILES string of the molecule is CCc1cc(C(C)=NOCc2ccc(-c3ccc(F)nc3)cc2)ccc1CN1CCC(C(=O)O)C1. The first-order chi connectivity index (χ1) is 16.9. The number of carboxylic acid groups (broad SMARTS) is 1. The van der Waals surface area contributed by atoms with Crippen LogP contribution in [-0.4, -0.2) is 39.8 Å². The molecule has 0 aliphatic carbocycles. The van der Waals surface area contributed by atoms with Crippen LogP contribution in [0.3, 0.4) is 0 Å². The lowest BCUT2D eigenvalue weighted by Gasteiger charge is -2.18. The second-order valence-corrected chi connectivity index (χ2v) is 8.91. The predicted octanol–water partition coefficient (Wildman–Crippen LogP) is 5.30. The van der Waals surface area contributed by atoms with E-state index in [2.05, 4.69) is 34.1 Å². The fraction of sp³-hybridized carbons (Fsp3) is 0.321. The van der Waals surface area contributed by atoms with Gasteiger partial charge in [0, 0.05) is 24.8 Å². The Morgan fingerprint density at radius 2 is 1.91 bits per heavy atom. The highest BCUT2D eigenvalue weighted by Gasteiger charge is 2.28. The van der Waals surface area contributed by atoms with Gasteiger partial charge in [-0.05, 0) is 72.3 Å². The van der Waals surface area contributed by atoms with E-state index in [9.17, 15) is 14.3 Å². The third kappa shape index (κ3) is 6.31. The van der Waals surface area contributed by atoms with Gasteiger partial charge in [-0.3, -0.25) is 9.69 Å². The van der Waals surface area contributed by atoms with Gasteiger partial charge in [-0.2, -0.15) is 4.39 Å². The van der Waals surface area contributed by atoms with Gasteiger partial charge in [0.05, 0.1) is 11.6 Å². The van der Waals surface area contributed by atoms with Crippen LogP contribution < -0.4 is 0 Å². The van der Waals surface area contributed by atoms with Crippen molar-refractivity contribution in [1.29, 1.82) is 0 Å². The molecule has 2 heterocycles. The molecule has 1 fully saturated rings. The number of oxime groups is 1. The van der Waals surface area contributed by atoms with Gasteiger partial charge in [-0.25, -0.2) is 4.98 Å². The molecule has 0 radical (unpaired) electrons.